The molecule has 0 saturated carbocycles. The SMILES string of the molecule is O=NN(Cc1ccccc1)n1cncn1. The van der Waals surface area contributed by atoms with Gasteiger partial charge in [0.2, 0.25) is 0 Å². The van der Waals surface area contributed by atoms with Crippen LogP contribution in [0.1, 0.15) is 5.56 Å². The molecule has 0 unspecified atom stereocenters. The molecule has 0 aliphatic carbocycles. The maximum absolute atomic E-state index is 10.6. The molecule has 0 aliphatic heterocycles. The molecule has 6 heteroatoms. The number of benzene rings is 1. The molecule has 0 N–H and O–H groups in total. The number of aromatic nitrogens is 3. The van der Waals surface area contributed by atoms with Crippen molar-refractivity contribution in [2.45, 2.75) is 6.54 Å². The third kappa shape index (κ3) is 2.16. The molecule has 1 heterocycles. The van der Waals surface area contributed by atoms with Crippen molar-refractivity contribution in [2.75, 3.05) is 5.12 Å². The maximum Gasteiger partial charge on any atom is 0.139 e. The minimum absolute atomic E-state index is 0.369. The molecule has 0 fully saturated rings. The summed E-state index contributed by atoms with van der Waals surface area (Å²) in [6, 6.07) is 9.54. The molecular weight excluding hydrogens is 194 g/mol. The number of hydrogen-bond acceptors (Lipinski definition) is 4. The number of rotatable bonds is 4. The first-order valence-electron chi connectivity index (χ1n) is 4.40. The molecule has 0 bridgehead atoms. The van der Waals surface area contributed by atoms with Crippen LogP contribution in [0.4, 0.5) is 0 Å². The van der Waals surface area contributed by atoms with Gasteiger partial charge in [-0.2, -0.15) is 0 Å². The van der Waals surface area contributed by atoms with E-state index >= 15 is 0 Å². The summed E-state index contributed by atoms with van der Waals surface area (Å²) in [5.41, 5.74) is 0.979. The van der Waals surface area contributed by atoms with Crippen molar-refractivity contribution in [2.24, 2.45) is 5.29 Å². The molecule has 0 amide bonds. The van der Waals surface area contributed by atoms with Crippen LogP contribution in [0, 0.1) is 4.91 Å². The van der Waals surface area contributed by atoms with E-state index in [0.29, 0.717) is 6.54 Å². The Morgan fingerprint density at radius 2 is 2.13 bits per heavy atom. The summed E-state index contributed by atoms with van der Waals surface area (Å²) < 4.78 is 0. The van der Waals surface area contributed by atoms with E-state index < -0.39 is 0 Å². The Kier molecular flexibility index (Phi) is 2.68. The van der Waals surface area contributed by atoms with Crippen LogP contribution in [-0.4, -0.2) is 14.9 Å². The normalized spacial score (nSPS) is 9.87. The quantitative estimate of drug-likeness (QED) is 0.551. The lowest BCUT2D eigenvalue weighted by atomic mass is 10.2. The van der Waals surface area contributed by atoms with Crippen LogP contribution in [0.5, 0.6) is 0 Å². The fourth-order valence-electron chi connectivity index (χ4n) is 1.21. The van der Waals surface area contributed by atoms with Crippen molar-refractivity contribution < 1.29 is 0 Å². The lowest BCUT2D eigenvalue weighted by molar-refractivity contribution is 0.538. The van der Waals surface area contributed by atoms with E-state index in [4.69, 9.17) is 0 Å². The van der Waals surface area contributed by atoms with Gasteiger partial charge >= 0.3 is 0 Å². The smallest absolute Gasteiger partial charge is 0.139 e. The Morgan fingerprint density at radius 3 is 2.73 bits per heavy atom. The summed E-state index contributed by atoms with van der Waals surface area (Å²) in [6.45, 7) is 0.369. The summed E-state index contributed by atoms with van der Waals surface area (Å²) in [5, 5.41) is 7.87. The molecule has 1 aromatic carbocycles. The molecule has 76 valence electrons. The van der Waals surface area contributed by atoms with E-state index in [1.165, 1.54) is 22.6 Å². The molecule has 0 radical (unpaired) electrons. The largest absolute Gasteiger partial charge is 0.221 e. The number of nitroso groups, excluding NO2 is 1. The first-order chi connectivity index (χ1) is 7.40. The van der Waals surface area contributed by atoms with Crippen LogP contribution in [-0.2, 0) is 6.54 Å². The first kappa shape index (κ1) is 9.32. The summed E-state index contributed by atoms with van der Waals surface area (Å²) in [6.07, 6.45) is 2.77. The summed E-state index contributed by atoms with van der Waals surface area (Å²) >= 11 is 0. The lowest BCUT2D eigenvalue weighted by Gasteiger charge is -2.13. The average Bonchev–Trinajstić information content (AvgIpc) is 2.81. The molecule has 2 aromatic rings. The van der Waals surface area contributed by atoms with Crippen LogP contribution in [0.15, 0.2) is 48.3 Å². The molecule has 0 aliphatic rings. The van der Waals surface area contributed by atoms with Crippen LogP contribution in [0.25, 0.3) is 0 Å². The molecular formula is C9H9N5O. The van der Waals surface area contributed by atoms with Gasteiger partial charge in [0.1, 0.15) is 12.7 Å². The predicted molar refractivity (Wildman–Crippen MR) is 54.2 cm³/mol. The van der Waals surface area contributed by atoms with Crippen molar-refractivity contribution in [1.29, 1.82) is 0 Å². The van der Waals surface area contributed by atoms with Gasteiger partial charge < -0.3 is 0 Å². The first-order valence-corrected chi connectivity index (χ1v) is 4.40. The van der Waals surface area contributed by atoms with Gasteiger partial charge in [0, 0.05) is 0 Å². The minimum Gasteiger partial charge on any atom is -0.221 e. The third-order valence-electron chi connectivity index (χ3n) is 1.90. The fraction of sp³-hybridized carbons (Fsp3) is 0.111. The zero-order valence-corrected chi connectivity index (χ0v) is 7.89. The van der Waals surface area contributed by atoms with Crippen LogP contribution in [0.2, 0.25) is 0 Å². The average molecular weight is 203 g/mol. The van der Waals surface area contributed by atoms with Crippen molar-refractivity contribution in [1.82, 2.24) is 14.9 Å². The molecule has 2 rings (SSSR count). The van der Waals surface area contributed by atoms with E-state index in [0.717, 1.165) is 5.56 Å². The van der Waals surface area contributed by atoms with E-state index in [9.17, 15) is 4.91 Å². The standard InChI is InChI=1S/C9H9N5O/c15-12-13(14-8-10-7-11-14)6-9-4-2-1-3-5-9/h1-5,7-8H,6H2. The summed E-state index contributed by atoms with van der Waals surface area (Å²) in [7, 11) is 0. The molecule has 0 spiro atoms. The number of hydrogen-bond donors (Lipinski definition) is 0. The Morgan fingerprint density at radius 1 is 1.33 bits per heavy atom. The molecule has 15 heavy (non-hydrogen) atoms. The molecule has 0 saturated heterocycles. The van der Waals surface area contributed by atoms with Gasteiger partial charge in [0.25, 0.3) is 0 Å². The highest BCUT2D eigenvalue weighted by Crippen LogP contribution is 2.02. The molecule has 0 atom stereocenters. The topological polar surface area (TPSA) is 63.4 Å². The van der Waals surface area contributed by atoms with Crippen LogP contribution in [0.3, 0.4) is 0 Å². The van der Waals surface area contributed by atoms with Gasteiger partial charge in [-0.05, 0) is 5.56 Å². The van der Waals surface area contributed by atoms with E-state index in [1.807, 2.05) is 30.3 Å². The Balaban J connectivity index is 2.13. The Labute approximate surface area is 86.1 Å². The highest BCUT2D eigenvalue weighted by Gasteiger charge is 2.06. The third-order valence-corrected chi connectivity index (χ3v) is 1.90. The predicted octanol–water partition coefficient (Wildman–Crippen LogP) is 1.10. The summed E-state index contributed by atoms with van der Waals surface area (Å²) in [4.78, 5) is 15.6. The highest BCUT2D eigenvalue weighted by molar-refractivity contribution is 5.16. The maximum atomic E-state index is 10.6. The zero-order valence-electron chi connectivity index (χ0n) is 7.89. The van der Waals surface area contributed by atoms with E-state index in [-0.39, 0.29) is 0 Å². The van der Waals surface area contributed by atoms with Crippen molar-refractivity contribution in [3.63, 3.8) is 0 Å². The fourth-order valence-corrected chi connectivity index (χ4v) is 1.21. The lowest BCUT2D eigenvalue weighted by Crippen LogP contribution is -2.28. The van der Waals surface area contributed by atoms with Gasteiger partial charge in [0.05, 0.1) is 11.8 Å². The van der Waals surface area contributed by atoms with E-state index in [2.05, 4.69) is 15.4 Å². The number of nitrogens with zero attached hydrogens (tertiary/aromatic N) is 5. The minimum atomic E-state index is 0.369. The second-order valence-electron chi connectivity index (χ2n) is 2.91. The van der Waals surface area contributed by atoms with Crippen LogP contribution < -0.4 is 5.12 Å². The Bertz CT molecular complexity index is 413. The van der Waals surface area contributed by atoms with Crippen molar-refractivity contribution >= 4 is 0 Å². The van der Waals surface area contributed by atoms with Gasteiger partial charge in [-0.15, -0.1) is 19.9 Å². The van der Waals surface area contributed by atoms with Crippen molar-refractivity contribution in [3.05, 3.63) is 53.5 Å². The highest BCUT2D eigenvalue weighted by atomic mass is 16.3. The van der Waals surface area contributed by atoms with Gasteiger partial charge in [-0.3, -0.25) is 0 Å². The second kappa shape index (κ2) is 4.32. The van der Waals surface area contributed by atoms with Crippen LogP contribution >= 0.6 is 0 Å². The van der Waals surface area contributed by atoms with E-state index in [1.54, 1.807) is 0 Å². The van der Waals surface area contributed by atoms with Gasteiger partial charge in [-0.25, -0.2) is 4.98 Å². The monoisotopic (exact) mass is 203 g/mol. The van der Waals surface area contributed by atoms with Crippen molar-refractivity contribution in [3.8, 4) is 0 Å². The summed E-state index contributed by atoms with van der Waals surface area (Å²) in [5.74, 6) is 0. The Hall–Kier alpha value is -2.24. The molecule has 1 aromatic heterocycles. The second-order valence-corrected chi connectivity index (χ2v) is 2.91. The van der Waals surface area contributed by atoms with Gasteiger partial charge in [-0.1, -0.05) is 30.3 Å². The molecule has 6 nitrogen and oxygen atoms in total. The van der Waals surface area contributed by atoms with Gasteiger partial charge in [0.15, 0.2) is 0 Å². The zero-order chi connectivity index (χ0) is 10.5.